The largest absolute Gasteiger partial charge is 0.382 e. The second-order valence-electron chi connectivity index (χ2n) is 3.99. The lowest BCUT2D eigenvalue weighted by Gasteiger charge is -2.26. The van der Waals surface area contributed by atoms with Crippen molar-refractivity contribution in [2.24, 2.45) is 5.73 Å². The van der Waals surface area contributed by atoms with Gasteiger partial charge in [0.1, 0.15) is 6.10 Å². The van der Waals surface area contributed by atoms with Gasteiger partial charge in [-0.3, -0.25) is 9.59 Å². The van der Waals surface area contributed by atoms with E-state index in [0.717, 1.165) is 25.9 Å². The Morgan fingerprint density at radius 3 is 2.50 bits per heavy atom. The number of hydrogen-bond acceptors (Lipinski definition) is 4. The van der Waals surface area contributed by atoms with Gasteiger partial charge in [-0.25, -0.2) is 0 Å². The number of likely N-dealkylation sites (tertiary alicyclic amines) is 1. The number of nitrogens with two attached hydrogens (primary N) is 1. The van der Waals surface area contributed by atoms with Crippen LogP contribution in [0.25, 0.3) is 0 Å². The number of piperidine rings is 1. The van der Waals surface area contributed by atoms with Crippen molar-refractivity contribution in [3.05, 3.63) is 0 Å². The molecular weight excluding hydrogens is 210 g/mol. The summed E-state index contributed by atoms with van der Waals surface area (Å²) in [5.74, 6) is -0.769. The summed E-state index contributed by atoms with van der Waals surface area (Å²) in [6, 6.07) is 0. The van der Waals surface area contributed by atoms with Crippen molar-refractivity contribution in [2.45, 2.75) is 25.4 Å². The third-order valence-corrected chi connectivity index (χ3v) is 2.65. The predicted octanol–water partition coefficient (Wildman–Crippen LogP) is -1.57. The van der Waals surface area contributed by atoms with Crippen LogP contribution >= 0.6 is 0 Å². The van der Waals surface area contributed by atoms with Crippen LogP contribution in [0.3, 0.4) is 0 Å². The molecule has 1 aliphatic heterocycles. The Morgan fingerprint density at radius 1 is 1.31 bits per heavy atom. The SMILES string of the molecule is NC(=O)C(O)CNCC(=O)N1CCCCC1. The van der Waals surface area contributed by atoms with E-state index in [4.69, 9.17) is 10.8 Å². The number of carbonyl (C=O) groups excluding carboxylic acids is 2. The number of primary amides is 1. The van der Waals surface area contributed by atoms with E-state index >= 15 is 0 Å². The molecule has 1 rings (SSSR count). The highest BCUT2D eigenvalue weighted by molar-refractivity contribution is 5.80. The number of hydrogen-bond donors (Lipinski definition) is 3. The van der Waals surface area contributed by atoms with Gasteiger partial charge in [0.25, 0.3) is 0 Å². The number of nitrogens with one attached hydrogen (secondary N) is 1. The van der Waals surface area contributed by atoms with Crippen LogP contribution in [-0.4, -0.2) is 54.1 Å². The topological polar surface area (TPSA) is 95.7 Å². The first-order valence-electron chi connectivity index (χ1n) is 5.57. The van der Waals surface area contributed by atoms with E-state index in [0.29, 0.717) is 0 Å². The molecule has 6 nitrogen and oxygen atoms in total. The third-order valence-electron chi connectivity index (χ3n) is 2.65. The molecule has 0 aliphatic carbocycles. The van der Waals surface area contributed by atoms with Crippen LogP contribution < -0.4 is 11.1 Å². The van der Waals surface area contributed by atoms with Crippen molar-refractivity contribution in [2.75, 3.05) is 26.2 Å². The highest BCUT2D eigenvalue weighted by Crippen LogP contribution is 2.07. The first-order valence-corrected chi connectivity index (χ1v) is 5.57. The van der Waals surface area contributed by atoms with Gasteiger partial charge in [0.15, 0.2) is 0 Å². The normalized spacial score (nSPS) is 18.2. The molecule has 0 spiro atoms. The fraction of sp³-hybridized carbons (Fsp3) is 0.800. The fourth-order valence-electron chi connectivity index (χ4n) is 1.67. The van der Waals surface area contributed by atoms with Crippen molar-refractivity contribution in [3.8, 4) is 0 Å². The summed E-state index contributed by atoms with van der Waals surface area (Å²) in [7, 11) is 0. The van der Waals surface area contributed by atoms with E-state index in [1.807, 2.05) is 0 Å². The van der Waals surface area contributed by atoms with E-state index in [1.165, 1.54) is 6.42 Å². The number of aliphatic hydroxyl groups excluding tert-OH is 1. The van der Waals surface area contributed by atoms with E-state index in [9.17, 15) is 9.59 Å². The lowest BCUT2D eigenvalue weighted by atomic mass is 10.1. The Morgan fingerprint density at radius 2 is 1.94 bits per heavy atom. The molecule has 0 bridgehead atoms. The van der Waals surface area contributed by atoms with Crippen LogP contribution in [0.2, 0.25) is 0 Å². The van der Waals surface area contributed by atoms with Crippen LogP contribution in [0.1, 0.15) is 19.3 Å². The quantitative estimate of drug-likeness (QED) is 0.531. The van der Waals surface area contributed by atoms with Gasteiger partial charge in [0.2, 0.25) is 11.8 Å². The van der Waals surface area contributed by atoms with Crippen LogP contribution in [0.4, 0.5) is 0 Å². The summed E-state index contributed by atoms with van der Waals surface area (Å²) in [4.78, 5) is 23.9. The van der Waals surface area contributed by atoms with Gasteiger partial charge < -0.3 is 21.1 Å². The van der Waals surface area contributed by atoms with E-state index < -0.39 is 12.0 Å². The minimum absolute atomic E-state index is 0.0105. The van der Waals surface area contributed by atoms with E-state index in [-0.39, 0.29) is 19.0 Å². The summed E-state index contributed by atoms with van der Waals surface area (Å²) in [6.07, 6.45) is 2.05. The van der Waals surface area contributed by atoms with Crippen LogP contribution in [0.15, 0.2) is 0 Å². The fourth-order valence-corrected chi connectivity index (χ4v) is 1.67. The van der Waals surface area contributed by atoms with Gasteiger partial charge in [-0.05, 0) is 19.3 Å². The molecule has 0 radical (unpaired) electrons. The van der Waals surface area contributed by atoms with Gasteiger partial charge in [-0.2, -0.15) is 0 Å². The average Bonchev–Trinajstić information content (AvgIpc) is 2.29. The van der Waals surface area contributed by atoms with Crippen molar-refractivity contribution in [1.82, 2.24) is 10.2 Å². The zero-order valence-electron chi connectivity index (χ0n) is 9.32. The summed E-state index contributed by atoms with van der Waals surface area (Å²) in [6.45, 7) is 1.77. The van der Waals surface area contributed by atoms with Gasteiger partial charge in [-0.15, -0.1) is 0 Å². The molecule has 1 unspecified atom stereocenters. The molecule has 0 aromatic heterocycles. The maximum Gasteiger partial charge on any atom is 0.247 e. The number of aliphatic hydroxyl groups is 1. The molecule has 0 aromatic carbocycles. The van der Waals surface area contributed by atoms with Crippen LogP contribution in [0.5, 0.6) is 0 Å². The second-order valence-corrected chi connectivity index (χ2v) is 3.99. The molecule has 1 saturated heterocycles. The molecular formula is C10H19N3O3. The number of carbonyl (C=O) groups is 2. The summed E-state index contributed by atoms with van der Waals surface area (Å²) >= 11 is 0. The zero-order valence-corrected chi connectivity index (χ0v) is 9.32. The first-order chi connectivity index (χ1) is 7.61. The average molecular weight is 229 g/mol. The lowest BCUT2D eigenvalue weighted by Crippen LogP contribution is -2.44. The van der Waals surface area contributed by atoms with Crippen molar-refractivity contribution in [1.29, 1.82) is 0 Å². The number of nitrogens with zero attached hydrogens (tertiary/aromatic N) is 1. The standard InChI is InChI=1S/C10H19N3O3/c11-10(16)8(14)6-12-7-9(15)13-4-2-1-3-5-13/h8,12,14H,1-7H2,(H2,11,16). The van der Waals surface area contributed by atoms with E-state index in [1.54, 1.807) is 4.90 Å². The Balaban J connectivity index is 2.16. The molecule has 0 aromatic rings. The molecule has 1 heterocycles. The summed E-state index contributed by atoms with van der Waals surface area (Å²) in [5, 5.41) is 11.8. The molecule has 16 heavy (non-hydrogen) atoms. The van der Waals surface area contributed by atoms with Crippen LogP contribution in [0, 0.1) is 0 Å². The Labute approximate surface area is 94.8 Å². The zero-order chi connectivity index (χ0) is 12.0. The van der Waals surface area contributed by atoms with Gasteiger partial charge in [0, 0.05) is 19.6 Å². The maximum absolute atomic E-state index is 11.6. The molecule has 2 amide bonds. The molecule has 1 aliphatic rings. The highest BCUT2D eigenvalue weighted by atomic mass is 16.3. The highest BCUT2D eigenvalue weighted by Gasteiger charge is 2.16. The van der Waals surface area contributed by atoms with Gasteiger partial charge >= 0.3 is 0 Å². The van der Waals surface area contributed by atoms with Crippen molar-refractivity contribution in [3.63, 3.8) is 0 Å². The maximum atomic E-state index is 11.6. The summed E-state index contributed by atoms with van der Waals surface area (Å²) in [5.41, 5.74) is 4.87. The Bertz CT molecular complexity index is 252. The number of rotatable bonds is 5. The lowest BCUT2D eigenvalue weighted by molar-refractivity contribution is -0.132. The molecule has 1 fully saturated rings. The Hall–Kier alpha value is -1.14. The third kappa shape index (κ3) is 4.16. The minimum Gasteiger partial charge on any atom is -0.382 e. The Kier molecular flexibility index (Phi) is 5.21. The van der Waals surface area contributed by atoms with Crippen LogP contribution in [-0.2, 0) is 9.59 Å². The first kappa shape index (κ1) is 12.9. The number of amides is 2. The predicted molar refractivity (Wildman–Crippen MR) is 58.5 cm³/mol. The van der Waals surface area contributed by atoms with Crippen molar-refractivity contribution < 1.29 is 14.7 Å². The molecule has 6 heteroatoms. The van der Waals surface area contributed by atoms with Gasteiger partial charge in [-0.1, -0.05) is 0 Å². The monoisotopic (exact) mass is 229 g/mol. The molecule has 1 atom stereocenters. The van der Waals surface area contributed by atoms with Crippen molar-refractivity contribution >= 4 is 11.8 Å². The van der Waals surface area contributed by atoms with Gasteiger partial charge in [0.05, 0.1) is 6.54 Å². The smallest absolute Gasteiger partial charge is 0.247 e. The molecule has 4 N–H and O–H groups in total. The molecule has 0 saturated carbocycles. The summed E-state index contributed by atoms with van der Waals surface area (Å²) < 4.78 is 0. The minimum atomic E-state index is -1.23. The van der Waals surface area contributed by atoms with E-state index in [2.05, 4.69) is 5.32 Å². The molecule has 92 valence electrons. The second kappa shape index (κ2) is 6.44.